The number of carbonyl (C=O) groups excluding carboxylic acids is 1. The number of hydrogen-bond acceptors (Lipinski definition) is 2. The largest absolute Gasteiger partial charge is 0.353 e. The lowest BCUT2D eigenvalue weighted by Gasteiger charge is -2.31. The van der Waals surface area contributed by atoms with E-state index in [-0.39, 0.29) is 11.8 Å². The van der Waals surface area contributed by atoms with Crippen molar-refractivity contribution >= 4 is 5.91 Å². The normalized spacial score (nSPS) is 26.8. The standard InChI is InChI=1S/C11H21NO.C9H19N/c1-8(2)11(13)12-10-6-4-9(3)5-7-10;1-8(2)9-4-6-10(3)7-5-9/h8-10H,4-7H2,1-3H3,(H,12,13);8-9H,4-7H2,1-3H3. The number of amides is 1. The van der Waals surface area contributed by atoms with Crippen LogP contribution in [0.2, 0.25) is 0 Å². The molecule has 3 nitrogen and oxygen atoms in total. The van der Waals surface area contributed by atoms with Crippen LogP contribution >= 0.6 is 0 Å². The van der Waals surface area contributed by atoms with E-state index < -0.39 is 0 Å². The Labute approximate surface area is 144 Å². The Bertz CT molecular complexity index is 325. The van der Waals surface area contributed by atoms with Gasteiger partial charge >= 0.3 is 0 Å². The van der Waals surface area contributed by atoms with Crippen molar-refractivity contribution in [3.8, 4) is 0 Å². The first-order chi connectivity index (χ1) is 10.8. The summed E-state index contributed by atoms with van der Waals surface area (Å²) < 4.78 is 0. The number of nitrogens with zero attached hydrogens (tertiary/aromatic N) is 1. The highest BCUT2D eigenvalue weighted by molar-refractivity contribution is 5.78. The number of nitrogens with one attached hydrogen (secondary N) is 1. The van der Waals surface area contributed by atoms with Crippen molar-refractivity contribution < 1.29 is 4.79 Å². The Hall–Kier alpha value is -0.570. The van der Waals surface area contributed by atoms with Gasteiger partial charge in [-0.25, -0.2) is 0 Å². The zero-order valence-electron chi connectivity index (χ0n) is 16.4. The second-order valence-electron chi connectivity index (χ2n) is 8.50. The van der Waals surface area contributed by atoms with E-state index >= 15 is 0 Å². The summed E-state index contributed by atoms with van der Waals surface area (Å²) >= 11 is 0. The molecule has 0 aromatic heterocycles. The van der Waals surface area contributed by atoms with Gasteiger partial charge in [-0.05, 0) is 76.4 Å². The Kier molecular flexibility index (Phi) is 9.19. The molecular formula is C20H40N2O. The van der Waals surface area contributed by atoms with Gasteiger partial charge in [0.2, 0.25) is 5.91 Å². The molecule has 0 radical (unpaired) electrons. The van der Waals surface area contributed by atoms with Crippen molar-refractivity contribution in [1.29, 1.82) is 0 Å². The van der Waals surface area contributed by atoms with E-state index in [1.54, 1.807) is 0 Å². The highest BCUT2D eigenvalue weighted by Crippen LogP contribution is 2.24. The molecule has 136 valence electrons. The van der Waals surface area contributed by atoms with Crippen LogP contribution in [-0.4, -0.2) is 37.0 Å². The number of likely N-dealkylation sites (tertiary alicyclic amines) is 1. The van der Waals surface area contributed by atoms with Crippen molar-refractivity contribution in [2.45, 2.75) is 79.2 Å². The molecule has 1 aliphatic carbocycles. The van der Waals surface area contributed by atoms with Gasteiger partial charge in [0.1, 0.15) is 0 Å². The maximum Gasteiger partial charge on any atom is 0.222 e. The molecule has 1 heterocycles. The average molecular weight is 325 g/mol. The first-order valence-electron chi connectivity index (χ1n) is 9.78. The smallest absolute Gasteiger partial charge is 0.222 e. The molecule has 3 heteroatoms. The minimum Gasteiger partial charge on any atom is -0.353 e. The van der Waals surface area contributed by atoms with Gasteiger partial charge in [0, 0.05) is 12.0 Å². The summed E-state index contributed by atoms with van der Waals surface area (Å²) in [4.78, 5) is 13.8. The summed E-state index contributed by atoms with van der Waals surface area (Å²) in [7, 11) is 2.22. The lowest BCUT2D eigenvalue weighted by molar-refractivity contribution is -0.125. The van der Waals surface area contributed by atoms with Gasteiger partial charge in [0.15, 0.2) is 0 Å². The van der Waals surface area contributed by atoms with E-state index in [0.717, 1.165) is 17.8 Å². The van der Waals surface area contributed by atoms with Gasteiger partial charge in [-0.3, -0.25) is 4.79 Å². The third-order valence-corrected chi connectivity index (χ3v) is 5.59. The van der Waals surface area contributed by atoms with Crippen LogP contribution < -0.4 is 5.32 Å². The van der Waals surface area contributed by atoms with Crippen molar-refractivity contribution in [1.82, 2.24) is 10.2 Å². The van der Waals surface area contributed by atoms with Gasteiger partial charge < -0.3 is 10.2 Å². The SMILES string of the molecule is CC(C)C1CCN(C)CC1.CC1CCC(NC(=O)C(C)C)CC1. The van der Waals surface area contributed by atoms with Crippen LogP contribution in [0.15, 0.2) is 0 Å². The van der Waals surface area contributed by atoms with E-state index in [2.05, 4.69) is 38.0 Å². The minimum absolute atomic E-state index is 0.124. The topological polar surface area (TPSA) is 32.3 Å². The van der Waals surface area contributed by atoms with Gasteiger partial charge in [-0.1, -0.05) is 34.6 Å². The van der Waals surface area contributed by atoms with Crippen LogP contribution in [0, 0.1) is 23.7 Å². The number of rotatable bonds is 3. The van der Waals surface area contributed by atoms with Crippen LogP contribution in [0.25, 0.3) is 0 Å². The Morgan fingerprint density at radius 1 is 0.957 bits per heavy atom. The van der Waals surface area contributed by atoms with E-state index in [1.165, 1.54) is 51.6 Å². The molecule has 2 rings (SSSR count). The fourth-order valence-corrected chi connectivity index (χ4v) is 3.47. The van der Waals surface area contributed by atoms with Gasteiger partial charge in [0.25, 0.3) is 0 Å². The highest BCUT2D eigenvalue weighted by atomic mass is 16.1. The summed E-state index contributed by atoms with van der Waals surface area (Å²) in [6.45, 7) is 13.5. The molecule has 0 atom stereocenters. The molecule has 0 unspecified atom stereocenters. The van der Waals surface area contributed by atoms with E-state index in [1.807, 2.05) is 13.8 Å². The maximum absolute atomic E-state index is 11.4. The molecule has 1 saturated carbocycles. The Balaban J connectivity index is 0.000000238. The summed E-state index contributed by atoms with van der Waals surface area (Å²) in [5, 5.41) is 3.10. The summed E-state index contributed by atoms with van der Waals surface area (Å²) in [6, 6.07) is 0.450. The summed E-state index contributed by atoms with van der Waals surface area (Å²) in [5.41, 5.74) is 0. The first-order valence-corrected chi connectivity index (χ1v) is 9.78. The second-order valence-corrected chi connectivity index (χ2v) is 8.50. The van der Waals surface area contributed by atoms with E-state index in [9.17, 15) is 4.79 Å². The van der Waals surface area contributed by atoms with Crippen molar-refractivity contribution in [2.24, 2.45) is 23.7 Å². The highest BCUT2D eigenvalue weighted by Gasteiger charge is 2.20. The molecule has 2 fully saturated rings. The lowest BCUT2D eigenvalue weighted by Crippen LogP contribution is -2.39. The molecule has 0 aromatic rings. The van der Waals surface area contributed by atoms with Crippen molar-refractivity contribution in [2.75, 3.05) is 20.1 Å². The molecule has 0 bridgehead atoms. The van der Waals surface area contributed by atoms with Crippen LogP contribution in [-0.2, 0) is 4.79 Å². The maximum atomic E-state index is 11.4. The predicted octanol–water partition coefficient (Wildman–Crippen LogP) is 4.32. The fraction of sp³-hybridized carbons (Fsp3) is 0.950. The quantitative estimate of drug-likeness (QED) is 0.838. The third kappa shape index (κ3) is 8.19. The molecule has 0 spiro atoms. The molecule has 2 aliphatic rings. The average Bonchev–Trinajstić information content (AvgIpc) is 2.50. The van der Waals surface area contributed by atoms with Crippen LogP contribution in [0.3, 0.4) is 0 Å². The number of piperidine rings is 1. The predicted molar refractivity (Wildman–Crippen MR) is 99.5 cm³/mol. The Morgan fingerprint density at radius 3 is 1.91 bits per heavy atom. The van der Waals surface area contributed by atoms with Gasteiger partial charge in [-0.15, -0.1) is 0 Å². The molecular weight excluding hydrogens is 284 g/mol. The van der Waals surface area contributed by atoms with Gasteiger partial charge in [-0.2, -0.15) is 0 Å². The zero-order valence-corrected chi connectivity index (χ0v) is 16.4. The Morgan fingerprint density at radius 2 is 1.48 bits per heavy atom. The second kappa shape index (κ2) is 10.3. The molecule has 0 aromatic carbocycles. The number of hydrogen-bond donors (Lipinski definition) is 1. The summed E-state index contributed by atoms with van der Waals surface area (Å²) in [5.74, 6) is 3.08. The molecule has 1 aliphatic heterocycles. The first kappa shape index (κ1) is 20.5. The lowest BCUT2D eigenvalue weighted by atomic mass is 9.87. The monoisotopic (exact) mass is 324 g/mol. The molecule has 23 heavy (non-hydrogen) atoms. The molecule has 1 N–H and O–H groups in total. The zero-order chi connectivity index (χ0) is 17.4. The fourth-order valence-electron chi connectivity index (χ4n) is 3.47. The minimum atomic E-state index is 0.124. The van der Waals surface area contributed by atoms with Crippen molar-refractivity contribution in [3.05, 3.63) is 0 Å². The van der Waals surface area contributed by atoms with Crippen LogP contribution in [0.5, 0.6) is 0 Å². The molecule has 1 saturated heterocycles. The molecule has 1 amide bonds. The van der Waals surface area contributed by atoms with Crippen LogP contribution in [0.1, 0.15) is 73.1 Å². The third-order valence-electron chi connectivity index (χ3n) is 5.59. The van der Waals surface area contributed by atoms with Crippen molar-refractivity contribution in [3.63, 3.8) is 0 Å². The van der Waals surface area contributed by atoms with Crippen LogP contribution in [0.4, 0.5) is 0 Å². The summed E-state index contributed by atoms with van der Waals surface area (Å²) in [6.07, 6.45) is 7.69. The van der Waals surface area contributed by atoms with E-state index in [4.69, 9.17) is 0 Å². The number of carbonyl (C=O) groups is 1. The van der Waals surface area contributed by atoms with E-state index in [0.29, 0.717) is 6.04 Å². The van der Waals surface area contributed by atoms with Gasteiger partial charge in [0.05, 0.1) is 0 Å².